The van der Waals surface area contributed by atoms with Crippen molar-refractivity contribution in [1.29, 1.82) is 0 Å². The third kappa shape index (κ3) is 2.46. The Morgan fingerprint density at radius 3 is 2.89 bits per heavy atom. The van der Waals surface area contributed by atoms with E-state index in [0.29, 0.717) is 5.92 Å². The molecule has 2 aromatic rings. The first kappa shape index (κ1) is 11.5. The number of hydrogen-bond acceptors (Lipinski definition) is 3. The zero-order chi connectivity index (χ0) is 12.4. The molecule has 3 nitrogen and oxygen atoms in total. The van der Waals surface area contributed by atoms with Gasteiger partial charge < -0.3 is 4.42 Å². The Labute approximate surface area is 107 Å². The zero-order valence-electron chi connectivity index (χ0n) is 10.7. The van der Waals surface area contributed by atoms with Crippen LogP contribution in [0.15, 0.2) is 41.0 Å². The van der Waals surface area contributed by atoms with Crippen LogP contribution in [-0.2, 0) is 6.54 Å². The van der Waals surface area contributed by atoms with Crippen molar-refractivity contribution in [3.63, 3.8) is 0 Å². The first-order valence-electron chi connectivity index (χ1n) is 6.49. The number of likely N-dealkylation sites (tertiary alicyclic amines) is 1. The first-order valence-corrected chi connectivity index (χ1v) is 6.49. The van der Waals surface area contributed by atoms with E-state index in [0.717, 1.165) is 37.6 Å². The molecule has 2 heterocycles. The van der Waals surface area contributed by atoms with Gasteiger partial charge in [0.05, 0.1) is 5.69 Å². The summed E-state index contributed by atoms with van der Waals surface area (Å²) in [7, 11) is 0. The number of benzene rings is 1. The highest BCUT2D eigenvalue weighted by Gasteiger charge is 2.27. The molecule has 0 amide bonds. The highest BCUT2D eigenvalue weighted by molar-refractivity contribution is 5.15. The molecular formula is C15H18N2O. The van der Waals surface area contributed by atoms with Crippen LogP contribution in [0.4, 0.5) is 0 Å². The van der Waals surface area contributed by atoms with E-state index in [2.05, 4.69) is 40.2 Å². The van der Waals surface area contributed by atoms with Crippen molar-refractivity contribution in [1.82, 2.24) is 9.88 Å². The lowest BCUT2D eigenvalue weighted by Crippen LogP contribution is -2.19. The van der Waals surface area contributed by atoms with E-state index in [9.17, 15) is 0 Å². The summed E-state index contributed by atoms with van der Waals surface area (Å²) < 4.78 is 5.51. The Bertz CT molecular complexity index is 506. The fraction of sp³-hybridized carbons (Fsp3) is 0.400. The Balaban J connectivity index is 1.62. The molecule has 0 aliphatic carbocycles. The number of oxazole rings is 1. The molecule has 0 N–H and O–H groups in total. The summed E-state index contributed by atoms with van der Waals surface area (Å²) in [6.07, 6.45) is 2.89. The molecule has 1 aromatic heterocycles. The van der Waals surface area contributed by atoms with Gasteiger partial charge in [0.25, 0.3) is 0 Å². The van der Waals surface area contributed by atoms with Crippen molar-refractivity contribution < 1.29 is 4.42 Å². The molecule has 0 radical (unpaired) electrons. The van der Waals surface area contributed by atoms with Crippen LogP contribution in [0.25, 0.3) is 0 Å². The third-order valence-corrected chi connectivity index (χ3v) is 3.51. The van der Waals surface area contributed by atoms with Crippen LogP contribution >= 0.6 is 0 Å². The van der Waals surface area contributed by atoms with Gasteiger partial charge >= 0.3 is 0 Å². The van der Waals surface area contributed by atoms with Crippen molar-refractivity contribution >= 4 is 0 Å². The van der Waals surface area contributed by atoms with Crippen LogP contribution in [0.5, 0.6) is 0 Å². The molecule has 1 aliphatic rings. The van der Waals surface area contributed by atoms with Gasteiger partial charge in [-0.05, 0) is 25.5 Å². The van der Waals surface area contributed by atoms with Gasteiger partial charge in [-0.25, -0.2) is 4.98 Å². The maximum absolute atomic E-state index is 5.51. The van der Waals surface area contributed by atoms with E-state index >= 15 is 0 Å². The van der Waals surface area contributed by atoms with E-state index in [1.54, 1.807) is 6.26 Å². The highest BCUT2D eigenvalue weighted by Crippen LogP contribution is 2.27. The summed E-state index contributed by atoms with van der Waals surface area (Å²) in [5.74, 6) is 1.37. The minimum atomic E-state index is 0.461. The van der Waals surface area contributed by atoms with Crippen LogP contribution in [0.1, 0.15) is 29.5 Å². The standard InChI is InChI=1S/C15H18N2O/c1-12-11-18-15(16-12)14-7-8-17(10-14)9-13-5-3-2-4-6-13/h2-6,11,14H,7-10H2,1H3. The van der Waals surface area contributed by atoms with Crippen LogP contribution in [0, 0.1) is 6.92 Å². The minimum Gasteiger partial charge on any atom is -0.448 e. The number of aryl methyl sites for hydroxylation is 1. The molecule has 0 spiro atoms. The smallest absolute Gasteiger partial charge is 0.198 e. The van der Waals surface area contributed by atoms with Crippen LogP contribution in [-0.4, -0.2) is 23.0 Å². The van der Waals surface area contributed by atoms with Gasteiger partial charge in [-0.2, -0.15) is 0 Å². The van der Waals surface area contributed by atoms with Crippen molar-refractivity contribution in [2.24, 2.45) is 0 Å². The fourth-order valence-electron chi connectivity index (χ4n) is 2.58. The van der Waals surface area contributed by atoms with Gasteiger partial charge in [0.15, 0.2) is 5.89 Å². The van der Waals surface area contributed by atoms with E-state index in [-0.39, 0.29) is 0 Å². The molecule has 1 unspecified atom stereocenters. The average molecular weight is 242 g/mol. The largest absolute Gasteiger partial charge is 0.448 e. The van der Waals surface area contributed by atoms with Crippen molar-refractivity contribution in [3.8, 4) is 0 Å². The predicted molar refractivity (Wildman–Crippen MR) is 70.3 cm³/mol. The predicted octanol–water partition coefficient (Wildman–Crippen LogP) is 2.97. The Kier molecular flexibility index (Phi) is 3.15. The summed E-state index contributed by atoms with van der Waals surface area (Å²) in [5.41, 5.74) is 2.35. The summed E-state index contributed by atoms with van der Waals surface area (Å²) in [6.45, 7) is 5.18. The molecule has 94 valence electrons. The lowest BCUT2D eigenvalue weighted by atomic mass is 10.1. The molecule has 0 saturated carbocycles. The molecule has 3 heteroatoms. The van der Waals surface area contributed by atoms with E-state index in [4.69, 9.17) is 4.42 Å². The SMILES string of the molecule is Cc1coc(C2CCN(Cc3ccccc3)C2)n1. The summed E-state index contributed by atoms with van der Waals surface area (Å²) in [5, 5.41) is 0. The molecule has 0 bridgehead atoms. The average Bonchev–Trinajstić information content (AvgIpc) is 2.99. The second-order valence-electron chi connectivity index (χ2n) is 5.03. The zero-order valence-corrected chi connectivity index (χ0v) is 10.7. The van der Waals surface area contributed by atoms with Gasteiger partial charge in [-0.15, -0.1) is 0 Å². The van der Waals surface area contributed by atoms with Gasteiger partial charge in [0.2, 0.25) is 0 Å². The Hall–Kier alpha value is -1.61. The molecule has 1 fully saturated rings. The monoisotopic (exact) mass is 242 g/mol. The van der Waals surface area contributed by atoms with Crippen LogP contribution < -0.4 is 0 Å². The third-order valence-electron chi connectivity index (χ3n) is 3.51. The van der Waals surface area contributed by atoms with Crippen molar-refractivity contribution in [2.45, 2.75) is 25.8 Å². The summed E-state index contributed by atoms with van der Waals surface area (Å²) in [6, 6.07) is 10.6. The van der Waals surface area contributed by atoms with Crippen molar-refractivity contribution in [3.05, 3.63) is 53.7 Å². The normalized spacial score (nSPS) is 20.4. The molecule has 1 aromatic carbocycles. The maximum atomic E-state index is 5.51. The van der Waals surface area contributed by atoms with Gasteiger partial charge in [-0.1, -0.05) is 30.3 Å². The number of hydrogen-bond donors (Lipinski definition) is 0. The maximum Gasteiger partial charge on any atom is 0.198 e. The van der Waals surface area contributed by atoms with Crippen LogP contribution in [0.3, 0.4) is 0 Å². The second-order valence-corrected chi connectivity index (χ2v) is 5.03. The lowest BCUT2D eigenvalue weighted by molar-refractivity contribution is 0.320. The lowest BCUT2D eigenvalue weighted by Gasteiger charge is -2.15. The highest BCUT2D eigenvalue weighted by atomic mass is 16.3. The molecule has 18 heavy (non-hydrogen) atoms. The Morgan fingerprint density at radius 1 is 1.33 bits per heavy atom. The number of nitrogens with zero attached hydrogens (tertiary/aromatic N) is 2. The van der Waals surface area contributed by atoms with Gasteiger partial charge in [0, 0.05) is 19.0 Å². The summed E-state index contributed by atoms with van der Waals surface area (Å²) in [4.78, 5) is 6.91. The van der Waals surface area contributed by atoms with E-state index in [1.165, 1.54) is 5.56 Å². The van der Waals surface area contributed by atoms with E-state index in [1.807, 2.05) is 6.92 Å². The quantitative estimate of drug-likeness (QED) is 0.828. The number of aromatic nitrogens is 1. The molecule has 1 atom stereocenters. The fourth-order valence-corrected chi connectivity index (χ4v) is 2.58. The van der Waals surface area contributed by atoms with Crippen molar-refractivity contribution in [2.75, 3.05) is 13.1 Å². The molecule has 3 rings (SSSR count). The second kappa shape index (κ2) is 4.94. The van der Waals surface area contributed by atoms with Gasteiger partial charge in [-0.3, -0.25) is 4.90 Å². The number of rotatable bonds is 3. The van der Waals surface area contributed by atoms with E-state index < -0.39 is 0 Å². The first-order chi connectivity index (χ1) is 8.81. The topological polar surface area (TPSA) is 29.3 Å². The molecule has 1 aliphatic heterocycles. The Morgan fingerprint density at radius 2 is 2.17 bits per heavy atom. The van der Waals surface area contributed by atoms with Gasteiger partial charge in [0.1, 0.15) is 6.26 Å². The summed E-state index contributed by atoms with van der Waals surface area (Å²) >= 11 is 0. The molecular weight excluding hydrogens is 224 g/mol. The van der Waals surface area contributed by atoms with Crippen LogP contribution in [0.2, 0.25) is 0 Å². The molecule has 1 saturated heterocycles. The minimum absolute atomic E-state index is 0.461.